The van der Waals surface area contributed by atoms with Crippen molar-refractivity contribution in [2.45, 2.75) is 19.8 Å². The highest BCUT2D eigenvalue weighted by atomic mass is 16.2. The summed E-state index contributed by atoms with van der Waals surface area (Å²) in [5, 5.41) is 0. The Morgan fingerprint density at radius 3 is 2.50 bits per heavy atom. The van der Waals surface area contributed by atoms with Crippen LogP contribution in [0.4, 0.5) is 11.4 Å². The van der Waals surface area contributed by atoms with Gasteiger partial charge in [-0.2, -0.15) is 0 Å². The molecule has 2 aromatic carbocycles. The van der Waals surface area contributed by atoms with Crippen LogP contribution in [-0.2, 0) is 4.79 Å². The number of anilines is 2. The fraction of sp³-hybridized carbons (Fsp3) is 0.235. The Balaban J connectivity index is 2.25. The monoisotopic (exact) mass is 268 g/mol. The molecule has 0 bridgehead atoms. The van der Waals surface area contributed by atoms with Crippen molar-refractivity contribution in [3.63, 3.8) is 0 Å². The van der Waals surface area contributed by atoms with Crippen LogP contribution < -0.4 is 10.6 Å². The molecule has 3 heteroatoms. The zero-order valence-electron chi connectivity index (χ0n) is 12.1. The third kappa shape index (κ3) is 2.82. The average Bonchev–Trinajstić information content (AvgIpc) is 2.45. The third-order valence-corrected chi connectivity index (χ3v) is 3.59. The van der Waals surface area contributed by atoms with Gasteiger partial charge < -0.3 is 10.6 Å². The number of amides is 1. The molecule has 3 nitrogen and oxygen atoms in total. The van der Waals surface area contributed by atoms with E-state index >= 15 is 0 Å². The van der Waals surface area contributed by atoms with Crippen molar-refractivity contribution in [1.29, 1.82) is 0 Å². The quantitative estimate of drug-likeness (QED) is 0.868. The van der Waals surface area contributed by atoms with Gasteiger partial charge in [0.05, 0.1) is 5.92 Å². The molecule has 2 aromatic rings. The maximum atomic E-state index is 12.6. The number of nitrogens with zero attached hydrogens (tertiary/aromatic N) is 1. The van der Waals surface area contributed by atoms with Crippen molar-refractivity contribution in [2.75, 3.05) is 17.7 Å². The standard InChI is InChI=1S/C17H20N2O/c1-12-7-4-5-10-16(12)19(3)17(20)13(2)14-8-6-9-15(18)11-14/h4-11,13H,18H2,1-3H3. The van der Waals surface area contributed by atoms with Crippen molar-refractivity contribution in [2.24, 2.45) is 0 Å². The number of aryl methyl sites for hydroxylation is 1. The summed E-state index contributed by atoms with van der Waals surface area (Å²) in [7, 11) is 1.81. The van der Waals surface area contributed by atoms with Crippen molar-refractivity contribution >= 4 is 17.3 Å². The second-order valence-corrected chi connectivity index (χ2v) is 5.08. The summed E-state index contributed by atoms with van der Waals surface area (Å²) in [6.45, 7) is 3.91. The molecule has 0 saturated heterocycles. The van der Waals surface area contributed by atoms with Gasteiger partial charge in [0.2, 0.25) is 5.91 Å². The molecular formula is C17H20N2O. The number of carbonyl (C=O) groups excluding carboxylic acids is 1. The summed E-state index contributed by atoms with van der Waals surface area (Å²) >= 11 is 0. The Morgan fingerprint density at radius 1 is 1.15 bits per heavy atom. The Hall–Kier alpha value is -2.29. The minimum Gasteiger partial charge on any atom is -0.399 e. The van der Waals surface area contributed by atoms with E-state index in [4.69, 9.17) is 5.73 Å². The molecule has 2 N–H and O–H groups in total. The number of nitrogens with two attached hydrogens (primary N) is 1. The van der Waals surface area contributed by atoms with Gasteiger partial charge in [-0.1, -0.05) is 30.3 Å². The van der Waals surface area contributed by atoms with Crippen LogP contribution in [0.3, 0.4) is 0 Å². The van der Waals surface area contributed by atoms with Crippen LogP contribution in [0.5, 0.6) is 0 Å². The van der Waals surface area contributed by atoms with E-state index in [-0.39, 0.29) is 11.8 Å². The van der Waals surface area contributed by atoms with Gasteiger partial charge in [0.25, 0.3) is 0 Å². The number of hydrogen-bond donors (Lipinski definition) is 1. The van der Waals surface area contributed by atoms with E-state index in [1.54, 1.807) is 4.90 Å². The molecule has 0 saturated carbocycles. The van der Waals surface area contributed by atoms with Crippen LogP contribution >= 0.6 is 0 Å². The van der Waals surface area contributed by atoms with Gasteiger partial charge >= 0.3 is 0 Å². The predicted molar refractivity (Wildman–Crippen MR) is 83.9 cm³/mol. The molecular weight excluding hydrogens is 248 g/mol. The van der Waals surface area contributed by atoms with E-state index in [0.717, 1.165) is 16.8 Å². The number of hydrogen-bond acceptors (Lipinski definition) is 2. The normalized spacial score (nSPS) is 11.9. The topological polar surface area (TPSA) is 46.3 Å². The lowest BCUT2D eigenvalue weighted by Crippen LogP contribution is -2.31. The second kappa shape index (κ2) is 5.78. The first-order valence-electron chi connectivity index (χ1n) is 6.69. The van der Waals surface area contributed by atoms with Gasteiger partial charge in [0, 0.05) is 18.4 Å². The largest absolute Gasteiger partial charge is 0.399 e. The van der Waals surface area contributed by atoms with E-state index in [9.17, 15) is 4.79 Å². The van der Waals surface area contributed by atoms with Crippen molar-refractivity contribution < 1.29 is 4.79 Å². The van der Waals surface area contributed by atoms with Crippen molar-refractivity contribution in [1.82, 2.24) is 0 Å². The summed E-state index contributed by atoms with van der Waals surface area (Å²) in [4.78, 5) is 14.3. The molecule has 0 radical (unpaired) electrons. The van der Waals surface area contributed by atoms with Crippen LogP contribution in [0.1, 0.15) is 24.0 Å². The van der Waals surface area contributed by atoms with Crippen LogP contribution in [0.2, 0.25) is 0 Å². The zero-order chi connectivity index (χ0) is 14.7. The Bertz CT molecular complexity index is 622. The predicted octanol–water partition coefficient (Wildman–Crippen LogP) is 3.34. The molecule has 0 aliphatic heterocycles. The van der Waals surface area contributed by atoms with Crippen molar-refractivity contribution in [3.8, 4) is 0 Å². The molecule has 0 aliphatic carbocycles. The van der Waals surface area contributed by atoms with Gasteiger partial charge in [-0.3, -0.25) is 4.79 Å². The van der Waals surface area contributed by atoms with Gasteiger partial charge in [0.1, 0.15) is 0 Å². The summed E-state index contributed by atoms with van der Waals surface area (Å²) in [5.41, 5.74) is 9.43. The Labute approximate surface area is 120 Å². The molecule has 0 fully saturated rings. The lowest BCUT2D eigenvalue weighted by atomic mass is 9.99. The van der Waals surface area contributed by atoms with E-state index in [1.165, 1.54) is 0 Å². The molecule has 1 unspecified atom stereocenters. The lowest BCUT2D eigenvalue weighted by Gasteiger charge is -2.23. The maximum Gasteiger partial charge on any atom is 0.233 e. The zero-order valence-corrected chi connectivity index (χ0v) is 12.1. The first-order chi connectivity index (χ1) is 9.50. The maximum absolute atomic E-state index is 12.6. The summed E-state index contributed by atoms with van der Waals surface area (Å²) in [6, 6.07) is 15.4. The Morgan fingerprint density at radius 2 is 1.85 bits per heavy atom. The first-order valence-corrected chi connectivity index (χ1v) is 6.69. The smallest absolute Gasteiger partial charge is 0.233 e. The first kappa shape index (κ1) is 14.1. The van der Waals surface area contributed by atoms with Crippen LogP contribution in [-0.4, -0.2) is 13.0 Å². The van der Waals surface area contributed by atoms with E-state index in [0.29, 0.717) is 5.69 Å². The van der Waals surface area contributed by atoms with Gasteiger partial charge in [-0.25, -0.2) is 0 Å². The fourth-order valence-corrected chi connectivity index (χ4v) is 2.32. The average molecular weight is 268 g/mol. The van der Waals surface area contributed by atoms with Crippen molar-refractivity contribution in [3.05, 3.63) is 59.7 Å². The minimum absolute atomic E-state index is 0.0601. The van der Waals surface area contributed by atoms with Gasteiger partial charge in [0.15, 0.2) is 0 Å². The summed E-state index contributed by atoms with van der Waals surface area (Å²) < 4.78 is 0. The Kier molecular flexibility index (Phi) is 4.08. The molecule has 20 heavy (non-hydrogen) atoms. The summed E-state index contributed by atoms with van der Waals surface area (Å²) in [6.07, 6.45) is 0. The number of nitrogen functional groups attached to an aromatic ring is 1. The highest BCUT2D eigenvalue weighted by Crippen LogP contribution is 2.24. The molecule has 1 amide bonds. The van der Waals surface area contributed by atoms with Crippen LogP contribution in [0.25, 0.3) is 0 Å². The molecule has 0 aromatic heterocycles. The molecule has 0 spiro atoms. The van der Waals surface area contributed by atoms with Gasteiger partial charge in [-0.05, 0) is 43.2 Å². The number of likely N-dealkylation sites (N-methyl/N-ethyl adjacent to an activating group) is 1. The van der Waals surface area contributed by atoms with Crippen LogP contribution in [0.15, 0.2) is 48.5 Å². The molecule has 2 rings (SSSR count). The van der Waals surface area contributed by atoms with Crippen LogP contribution in [0, 0.1) is 6.92 Å². The molecule has 0 heterocycles. The highest BCUT2D eigenvalue weighted by molar-refractivity contribution is 5.98. The number of carbonyl (C=O) groups is 1. The lowest BCUT2D eigenvalue weighted by molar-refractivity contribution is -0.119. The van der Waals surface area contributed by atoms with E-state index < -0.39 is 0 Å². The van der Waals surface area contributed by atoms with E-state index in [2.05, 4.69) is 0 Å². The number of benzene rings is 2. The number of rotatable bonds is 3. The minimum atomic E-state index is -0.219. The molecule has 0 aliphatic rings. The SMILES string of the molecule is Cc1ccccc1N(C)C(=O)C(C)c1cccc(N)c1. The number of para-hydroxylation sites is 1. The second-order valence-electron chi connectivity index (χ2n) is 5.08. The fourth-order valence-electron chi connectivity index (χ4n) is 2.32. The third-order valence-electron chi connectivity index (χ3n) is 3.59. The van der Waals surface area contributed by atoms with E-state index in [1.807, 2.05) is 69.4 Å². The molecule has 1 atom stereocenters. The van der Waals surface area contributed by atoms with Gasteiger partial charge in [-0.15, -0.1) is 0 Å². The highest BCUT2D eigenvalue weighted by Gasteiger charge is 2.21. The molecule has 104 valence electrons. The summed E-state index contributed by atoms with van der Waals surface area (Å²) in [5.74, 6) is -0.159.